The van der Waals surface area contributed by atoms with E-state index in [2.05, 4.69) is 29.8 Å². The normalized spacial score (nSPS) is 18.5. The molecule has 1 aromatic rings. The summed E-state index contributed by atoms with van der Waals surface area (Å²) in [5.74, 6) is 2.95. The largest absolute Gasteiger partial charge is 0.493 e. The smallest absolute Gasteiger partial charge is 0.122 e. The Morgan fingerprint density at radius 2 is 2.29 bits per heavy atom. The molecule has 94 valence electrons. The van der Waals surface area contributed by atoms with Crippen LogP contribution in [0.1, 0.15) is 24.3 Å². The first kappa shape index (κ1) is 12.8. The molecule has 2 nitrogen and oxygen atoms in total. The number of ether oxygens (including phenoxy) is 1. The highest BCUT2D eigenvalue weighted by molar-refractivity contribution is 7.98. The van der Waals surface area contributed by atoms with Gasteiger partial charge >= 0.3 is 0 Å². The lowest BCUT2D eigenvalue weighted by atomic mass is 9.93. The van der Waals surface area contributed by atoms with Crippen LogP contribution >= 0.6 is 11.8 Å². The predicted octanol–water partition coefficient (Wildman–Crippen LogP) is 2.90. The first-order valence-electron chi connectivity index (χ1n) is 6.33. The van der Waals surface area contributed by atoms with Crippen molar-refractivity contribution in [3.63, 3.8) is 0 Å². The van der Waals surface area contributed by atoms with Crippen molar-refractivity contribution in [2.75, 3.05) is 31.7 Å². The number of hydrogen-bond donors (Lipinski definition) is 1. The Morgan fingerprint density at radius 1 is 1.41 bits per heavy atom. The lowest BCUT2D eigenvalue weighted by Gasteiger charge is -2.26. The van der Waals surface area contributed by atoms with E-state index in [0.717, 1.165) is 31.9 Å². The maximum Gasteiger partial charge on any atom is 0.122 e. The Morgan fingerprint density at radius 3 is 3.18 bits per heavy atom. The summed E-state index contributed by atoms with van der Waals surface area (Å²) in [7, 11) is 0. The van der Waals surface area contributed by atoms with Gasteiger partial charge in [0, 0.05) is 12.5 Å². The zero-order valence-electron chi connectivity index (χ0n) is 10.4. The van der Waals surface area contributed by atoms with Crippen LogP contribution in [0.2, 0.25) is 0 Å². The fourth-order valence-electron chi connectivity index (χ4n) is 2.25. The van der Waals surface area contributed by atoms with Gasteiger partial charge in [-0.05, 0) is 43.0 Å². The van der Waals surface area contributed by atoms with Crippen molar-refractivity contribution in [1.29, 1.82) is 0 Å². The molecule has 0 amide bonds. The third kappa shape index (κ3) is 3.65. The van der Waals surface area contributed by atoms with Gasteiger partial charge in [-0.3, -0.25) is 0 Å². The van der Waals surface area contributed by atoms with Gasteiger partial charge < -0.3 is 10.1 Å². The van der Waals surface area contributed by atoms with Crippen molar-refractivity contribution in [2.24, 2.45) is 0 Å². The Balaban J connectivity index is 1.82. The van der Waals surface area contributed by atoms with Crippen LogP contribution in [0.3, 0.4) is 0 Å². The summed E-state index contributed by atoms with van der Waals surface area (Å²) in [6.45, 7) is 3.06. The molecule has 2 rings (SSSR count). The number of para-hydroxylation sites is 1. The molecule has 1 N–H and O–H groups in total. The average Bonchev–Trinajstić information content (AvgIpc) is 2.39. The van der Waals surface area contributed by atoms with Crippen LogP contribution < -0.4 is 10.1 Å². The average molecular weight is 251 g/mol. The first-order chi connectivity index (χ1) is 8.42. The molecule has 0 aromatic heterocycles. The van der Waals surface area contributed by atoms with E-state index >= 15 is 0 Å². The second kappa shape index (κ2) is 6.92. The van der Waals surface area contributed by atoms with Crippen molar-refractivity contribution in [3.05, 3.63) is 29.8 Å². The molecule has 0 fully saturated rings. The molecule has 0 radical (unpaired) electrons. The minimum absolute atomic E-state index is 0.620. The fraction of sp³-hybridized carbons (Fsp3) is 0.571. The van der Waals surface area contributed by atoms with Gasteiger partial charge in [0.25, 0.3) is 0 Å². The van der Waals surface area contributed by atoms with Crippen molar-refractivity contribution < 1.29 is 4.74 Å². The Kier molecular flexibility index (Phi) is 5.20. The molecule has 1 aromatic carbocycles. The van der Waals surface area contributed by atoms with Crippen LogP contribution in [0.5, 0.6) is 5.75 Å². The summed E-state index contributed by atoms with van der Waals surface area (Å²) in [5, 5.41) is 3.56. The van der Waals surface area contributed by atoms with Crippen LogP contribution in [0.15, 0.2) is 24.3 Å². The minimum Gasteiger partial charge on any atom is -0.493 e. The number of nitrogens with one attached hydrogen (secondary N) is 1. The number of thioether (sulfide) groups is 1. The highest BCUT2D eigenvalue weighted by Crippen LogP contribution is 2.32. The fourth-order valence-corrected chi connectivity index (χ4v) is 2.68. The van der Waals surface area contributed by atoms with Crippen molar-refractivity contribution in [3.8, 4) is 5.75 Å². The number of rotatable bonds is 6. The highest BCUT2D eigenvalue weighted by Gasteiger charge is 2.20. The first-order valence-corrected chi connectivity index (χ1v) is 7.72. The summed E-state index contributed by atoms with van der Waals surface area (Å²) < 4.78 is 5.67. The van der Waals surface area contributed by atoms with Crippen LogP contribution in [0.4, 0.5) is 0 Å². The summed E-state index contributed by atoms with van der Waals surface area (Å²) >= 11 is 1.92. The molecule has 1 heterocycles. The highest BCUT2D eigenvalue weighted by atomic mass is 32.2. The maximum absolute atomic E-state index is 5.67. The quantitative estimate of drug-likeness (QED) is 0.786. The van der Waals surface area contributed by atoms with Crippen molar-refractivity contribution in [2.45, 2.75) is 18.8 Å². The summed E-state index contributed by atoms with van der Waals surface area (Å²) in [4.78, 5) is 0. The lowest BCUT2D eigenvalue weighted by Crippen LogP contribution is -2.26. The monoisotopic (exact) mass is 251 g/mol. The molecule has 17 heavy (non-hydrogen) atoms. The summed E-state index contributed by atoms with van der Waals surface area (Å²) in [6, 6.07) is 8.43. The van der Waals surface area contributed by atoms with E-state index in [1.807, 2.05) is 17.8 Å². The molecule has 0 bridgehead atoms. The molecule has 1 unspecified atom stereocenters. The van der Waals surface area contributed by atoms with Crippen LogP contribution in [0, 0.1) is 0 Å². The molecular weight excluding hydrogens is 230 g/mol. The van der Waals surface area contributed by atoms with Gasteiger partial charge in [0.1, 0.15) is 5.75 Å². The van der Waals surface area contributed by atoms with Gasteiger partial charge in [0.15, 0.2) is 0 Å². The van der Waals surface area contributed by atoms with E-state index in [4.69, 9.17) is 4.74 Å². The molecular formula is C14H21NOS. The van der Waals surface area contributed by atoms with E-state index in [1.165, 1.54) is 17.7 Å². The van der Waals surface area contributed by atoms with Gasteiger partial charge in [-0.15, -0.1) is 0 Å². The zero-order chi connectivity index (χ0) is 11.9. The molecule has 3 heteroatoms. The zero-order valence-corrected chi connectivity index (χ0v) is 11.3. The van der Waals surface area contributed by atoms with Crippen LogP contribution in [-0.2, 0) is 0 Å². The molecule has 0 saturated carbocycles. The van der Waals surface area contributed by atoms with E-state index in [-0.39, 0.29) is 0 Å². The van der Waals surface area contributed by atoms with Gasteiger partial charge in [-0.1, -0.05) is 18.2 Å². The van der Waals surface area contributed by atoms with E-state index in [9.17, 15) is 0 Å². The van der Waals surface area contributed by atoms with Gasteiger partial charge in [-0.25, -0.2) is 0 Å². The molecule has 0 saturated heterocycles. The third-order valence-electron chi connectivity index (χ3n) is 3.18. The second-order valence-corrected chi connectivity index (χ2v) is 5.41. The van der Waals surface area contributed by atoms with Gasteiger partial charge in [0.05, 0.1) is 6.61 Å². The topological polar surface area (TPSA) is 21.3 Å². The van der Waals surface area contributed by atoms with Crippen LogP contribution in [0.25, 0.3) is 0 Å². The second-order valence-electron chi connectivity index (χ2n) is 4.42. The third-order valence-corrected chi connectivity index (χ3v) is 3.87. The standard InChI is InChI=1S/C14H21NOS/c1-17-10-4-8-15-11-12-7-9-16-14-6-3-2-5-13(12)14/h2-3,5-6,12,15H,4,7-11H2,1H3. The van der Waals surface area contributed by atoms with Gasteiger partial charge in [0.2, 0.25) is 0 Å². The number of hydrogen-bond acceptors (Lipinski definition) is 3. The molecule has 0 aliphatic carbocycles. The Bertz CT molecular complexity index is 343. The number of benzene rings is 1. The van der Waals surface area contributed by atoms with Crippen LogP contribution in [-0.4, -0.2) is 31.7 Å². The summed E-state index contributed by atoms with van der Waals surface area (Å²) in [6.07, 6.45) is 4.55. The van der Waals surface area contributed by atoms with Crippen molar-refractivity contribution in [1.82, 2.24) is 5.32 Å². The van der Waals surface area contributed by atoms with E-state index in [0.29, 0.717) is 5.92 Å². The predicted molar refractivity (Wildman–Crippen MR) is 75.2 cm³/mol. The SMILES string of the molecule is CSCCCNCC1CCOc2ccccc21. The minimum atomic E-state index is 0.620. The Labute approximate surface area is 108 Å². The molecule has 1 atom stereocenters. The van der Waals surface area contributed by atoms with E-state index in [1.54, 1.807) is 0 Å². The number of fused-ring (bicyclic) bond motifs is 1. The van der Waals surface area contributed by atoms with Crippen molar-refractivity contribution >= 4 is 11.8 Å². The molecule has 0 spiro atoms. The lowest BCUT2D eigenvalue weighted by molar-refractivity contribution is 0.265. The molecule has 1 aliphatic heterocycles. The maximum atomic E-state index is 5.67. The van der Waals surface area contributed by atoms with E-state index < -0.39 is 0 Å². The Hall–Kier alpha value is -0.670. The van der Waals surface area contributed by atoms with Gasteiger partial charge in [-0.2, -0.15) is 11.8 Å². The molecule has 1 aliphatic rings. The summed E-state index contributed by atoms with van der Waals surface area (Å²) in [5.41, 5.74) is 1.37.